The van der Waals surface area contributed by atoms with Gasteiger partial charge in [0.05, 0.1) is 12.6 Å². The van der Waals surface area contributed by atoms with Crippen molar-refractivity contribution in [2.24, 2.45) is 5.92 Å². The van der Waals surface area contributed by atoms with Crippen LogP contribution in [0.5, 0.6) is 0 Å². The Hall–Kier alpha value is -1.30. The molecule has 17 heavy (non-hydrogen) atoms. The second-order valence-electron chi connectivity index (χ2n) is 4.55. The summed E-state index contributed by atoms with van der Waals surface area (Å²) in [6, 6.07) is -1.17. The number of ether oxygens (including phenoxy) is 1. The molecule has 0 bridgehead atoms. The lowest BCUT2D eigenvalue weighted by Gasteiger charge is -2.25. The molecule has 3 unspecified atom stereocenters. The Labute approximate surface area is 101 Å². The van der Waals surface area contributed by atoms with Crippen LogP contribution in [0.1, 0.15) is 20.3 Å². The largest absolute Gasteiger partial charge is 0.480 e. The van der Waals surface area contributed by atoms with Crippen LogP contribution in [0.25, 0.3) is 0 Å². The first kappa shape index (κ1) is 13.8. The van der Waals surface area contributed by atoms with Crippen LogP contribution in [0.4, 0.5) is 4.79 Å². The molecule has 1 aliphatic heterocycles. The van der Waals surface area contributed by atoms with Gasteiger partial charge in [-0.15, -0.1) is 0 Å². The van der Waals surface area contributed by atoms with Crippen molar-refractivity contribution >= 4 is 12.0 Å². The molecule has 98 valence electrons. The fourth-order valence-electron chi connectivity index (χ4n) is 2.14. The van der Waals surface area contributed by atoms with E-state index in [4.69, 9.17) is 9.84 Å². The summed E-state index contributed by atoms with van der Waals surface area (Å²) in [4.78, 5) is 24.4. The number of amides is 2. The third-order valence-electron chi connectivity index (χ3n) is 3.00. The number of methoxy groups -OCH3 is 1. The van der Waals surface area contributed by atoms with Gasteiger partial charge in [0.25, 0.3) is 0 Å². The van der Waals surface area contributed by atoms with Gasteiger partial charge in [0.15, 0.2) is 0 Å². The predicted molar refractivity (Wildman–Crippen MR) is 61.8 cm³/mol. The number of carbonyl (C=O) groups excluding carboxylic acids is 1. The summed E-state index contributed by atoms with van der Waals surface area (Å²) >= 11 is 0. The van der Waals surface area contributed by atoms with Crippen molar-refractivity contribution in [1.29, 1.82) is 0 Å². The number of carboxylic acids is 1. The molecule has 0 saturated carbocycles. The predicted octanol–water partition coefficient (Wildman–Crippen LogP) is 0.526. The van der Waals surface area contributed by atoms with Gasteiger partial charge in [0.2, 0.25) is 0 Å². The van der Waals surface area contributed by atoms with E-state index in [0.717, 1.165) is 6.42 Å². The van der Waals surface area contributed by atoms with Gasteiger partial charge in [-0.1, -0.05) is 6.92 Å². The number of aliphatic carboxylic acids is 1. The Balaban J connectivity index is 2.59. The maximum Gasteiger partial charge on any atom is 0.326 e. The highest BCUT2D eigenvalue weighted by Gasteiger charge is 2.39. The topological polar surface area (TPSA) is 78.9 Å². The molecule has 2 N–H and O–H groups in total. The molecule has 1 heterocycles. The molecular formula is C11H20N2O4. The number of carboxylic acid groups (broad SMARTS) is 1. The van der Waals surface area contributed by atoms with Gasteiger partial charge < -0.3 is 20.1 Å². The van der Waals surface area contributed by atoms with Crippen LogP contribution in [0.15, 0.2) is 0 Å². The maximum absolute atomic E-state index is 11.9. The highest BCUT2D eigenvalue weighted by atomic mass is 16.5. The van der Waals surface area contributed by atoms with Crippen LogP contribution >= 0.6 is 0 Å². The van der Waals surface area contributed by atoms with Crippen molar-refractivity contribution in [1.82, 2.24) is 10.2 Å². The van der Waals surface area contributed by atoms with Crippen molar-refractivity contribution < 1.29 is 19.4 Å². The lowest BCUT2D eigenvalue weighted by atomic mass is 10.0. The summed E-state index contributed by atoms with van der Waals surface area (Å²) in [6.07, 6.45) is 0.725. The second kappa shape index (κ2) is 5.86. The summed E-state index contributed by atoms with van der Waals surface area (Å²) in [5.41, 5.74) is 0. The number of nitrogens with one attached hydrogen (secondary N) is 1. The van der Waals surface area contributed by atoms with Gasteiger partial charge in [-0.05, 0) is 19.3 Å². The van der Waals surface area contributed by atoms with E-state index in [2.05, 4.69) is 5.32 Å². The number of urea groups is 1. The first-order chi connectivity index (χ1) is 7.97. The van der Waals surface area contributed by atoms with Gasteiger partial charge >= 0.3 is 12.0 Å². The van der Waals surface area contributed by atoms with Crippen molar-refractivity contribution in [3.63, 3.8) is 0 Å². The number of likely N-dealkylation sites (tertiary alicyclic amines) is 1. The first-order valence-electron chi connectivity index (χ1n) is 5.76. The smallest absolute Gasteiger partial charge is 0.326 e. The zero-order valence-electron chi connectivity index (χ0n) is 10.5. The van der Waals surface area contributed by atoms with E-state index in [9.17, 15) is 9.59 Å². The molecule has 1 saturated heterocycles. The standard InChI is InChI=1S/C11H20N2O4/c1-7-4-5-13(9(7)10(14)15)11(16)12-8(2)6-17-3/h7-9H,4-6H2,1-3H3,(H,12,16)(H,14,15). The van der Waals surface area contributed by atoms with Crippen LogP contribution in [-0.4, -0.2) is 54.4 Å². The minimum Gasteiger partial charge on any atom is -0.480 e. The first-order valence-corrected chi connectivity index (χ1v) is 5.76. The van der Waals surface area contributed by atoms with E-state index >= 15 is 0 Å². The summed E-state index contributed by atoms with van der Waals surface area (Å²) in [7, 11) is 1.56. The lowest BCUT2D eigenvalue weighted by molar-refractivity contribution is -0.142. The van der Waals surface area contributed by atoms with Gasteiger partial charge in [0.1, 0.15) is 6.04 Å². The summed E-state index contributed by atoms with van der Waals surface area (Å²) in [5.74, 6) is -0.944. The van der Waals surface area contributed by atoms with Crippen molar-refractivity contribution in [2.75, 3.05) is 20.3 Å². The molecule has 0 aromatic rings. The van der Waals surface area contributed by atoms with Crippen LogP contribution < -0.4 is 5.32 Å². The molecule has 2 amide bonds. The average Bonchev–Trinajstić information content (AvgIpc) is 2.60. The summed E-state index contributed by atoms with van der Waals surface area (Å²) in [5, 5.41) is 11.8. The third kappa shape index (κ3) is 3.33. The molecule has 1 rings (SSSR count). The highest BCUT2D eigenvalue weighted by molar-refractivity contribution is 5.83. The summed E-state index contributed by atoms with van der Waals surface area (Å²) < 4.78 is 4.91. The fraction of sp³-hybridized carbons (Fsp3) is 0.818. The van der Waals surface area contributed by atoms with E-state index in [1.807, 2.05) is 13.8 Å². The second-order valence-corrected chi connectivity index (χ2v) is 4.55. The lowest BCUT2D eigenvalue weighted by Crippen LogP contribution is -2.50. The van der Waals surface area contributed by atoms with Gasteiger partial charge in [-0.2, -0.15) is 0 Å². The zero-order valence-corrected chi connectivity index (χ0v) is 10.5. The fourth-order valence-corrected chi connectivity index (χ4v) is 2.14. The van der Waals surface area contributed by atoms with Crippen LogP contribution in [-0.2, 0) is 9.53 Å². The molecule has 6 nitrogen and oxygen atoms in total. The van der Waals surface area contributed by atoms with Crippen molar-refractivity contribution in [2.45, 2.75) is 32.4 Å². The molecule has 1 aliphatic rings. The van der Waals surface area contributed by atoms with Gasteiger partial charge in [-0.3, -0.25) is 0 Å². The molecule has 0 aromatic heterocycles. The Kier molecular flexibility index (Phi) is 4.74. The third-order valence-corrected chi connectivity index (χ3v) is 3.00. The van der Waals surface area contributed by atoms with Crippen molar-refractivity contribution in [3.8, 4) is 0 Å². The SMILES string of the molecule is COCC(C)NC(=O)N1CCC(C)C1C(=O)O. The van der Waals surface area contributed by atoms with Crippen molar-refractivity contribution in [3.05, 3.63) is 0 Å². The number of carbonyl (C=O) groups is 2. The van der Waals surface area contributed by atoms with Crippen LogP contribution in [0, 0.1) is 5.92 Å². The Morgan fingerprint density at radius 1 is 1.59 bits per heavy atom. The Morgan fingerprint density at radius 3 is 2.76 bits per heavy atom. The monoisotopic (exact) mass is 244 g/mol. The van der Waals surface area contributed by atoms with E-state index in [-0.39, 0.29) is 18.0 Å². The molecular weight excluding hydrogens is 224 g/mol. The minimum atomic E-state index is -0.940. The highest BCUT2D eigenvalue weighted by Crippen LogP contribution is 2.24. The van der Waals surface area contributed by atoms with E-state index in [1.165, 1.54) is 4.90 Å². The zero-order chi connectivity index (χ0) is 13.0. The van der Waals surface area contributed by atoms with E-state index in [0.29, 0.717) is 13.2 Å². The molecule has 3 atom stereocenters. The van der Waals surface area contributed by atoms with E-state index < -0.39 is 12.0 Å². The molecule has 0 aromatic carbocycles. The number of nitrogens with zero attached hydrogens (tertiary/aromatic N) is 1. The molecule has 1 fully saturated rings. The van der Waals surface area contributed by atoms with Gasteiger partial charge in [0, 0.05) is 13.7 Å². The maximum atomic E-state index is 11.9. The minimum absolute atomic E-state index is 0.00372. The average molecular weight is 244 g/mol. The van der Waals surface area contributed by atoms with Crippen LogP contribution in [0.2, 0.25) is 0 Å². The Morgan fingerprint density at radius 2 is 2.24 bits per heavy atom. The number of hydrogen-bond acceptors (Lipinski definition) is 3. The van der Waals surface area contributed by atoms with Gasteiger partial charge in [-0.25, -0.2) is 9.59 Å². The molecule has 0 spiro atoms. The number of rotatable bonds is 4. The normalized spacial score (nSPS) is 25.7. The molecule has 6 heteroatoms. The summed E-state index contributed by atoms with van der Waals surface area (Å²) in [6.45, 7) is 4.57. The molecule has 0 aliphatic carbocycles. The molecule has 0 radical (unpaired) electrons. The Bertz CT molecular complexity index is 295. The number of hydrogen-bond donors (Lipinski definition) is 2. The quantitative estimate of drug-likeness (QED) is 0.756. The van der Waals surface area contributed by atoms with Crippen LogP contribution in [0.3, 0.4) is 0 Å². The van der Waals surface area contributed by atoms with E-state index in [1.54, 1.807) is 7.11 Å².